The number of rotatable bonds is 4. The molecular formula is C17H20N2O2. The molecule has 2 aromatic carbocycles. The van der Waals surface area contributed by atoms with E-state index in [1.165, 1.54) is 5.56 Å². The van der Waals surface area contributed by atoms with Crippen LogP contribution in [0.25, 0.3) is 0 Å². The van der Waals surface area contributed by atoms with Crippen molar-refractivity contribution < 1.29 is 9.90 Å². The number of benzene rings is 2. The van der Waals surface area contributed by atoms with Crippen molar-refractivity contribution in [3.63, 3.8) is 0 Å². The summed E-state index contributed by atoms with van der Waals surface area (Å²) in [5.74, 6) is -1.01. The first-order valence-electron chi connectivity index (χ1n) is 6.90. The number of nitrogens with zero attached hydrogens (tertiary/aromatic N) is 1. The van der Waals surface area contributed by atoms with Crippen LogP contribution in [-0.2, 0) is 6.42 Å². The van der Waals surface area contributed by atoms with Gasteiger partial charge >= 0.3 is 5.97 Å². The highest BCUT2D eigenvalue weighted by Gasteiger charge is 2.14. The quantitative estimate of drug-likeness (QED) is 0.842. The van der Waals surface area contributed by atoms with E-state index in [9.17, 15) is 9.90 Å². The third-order valence-electron chi connectivity index (χ3n) is 3.72. The summed E-state index contributed by atoms with van der Waals surface area (Å²) in [4.78, 5) is 13.2. The first-order valence-corrected chi connectivity index (χ1v) is 6.90. The summed E-state index contributed by atoms with van der Waals surface area (Å²) in [5, 5.41) is 9.24. The minimum atomic E-state index is -1.01. The zero-order chi connectivity index (χ0) is 15.6. The van der Waals surface area contributed by atoms with Gasteiger partial charge in [-0.25, -0.2) is 4.79 Å². The van der Waals surface area contributed by atoms with Crippen molar-refractivity contribution in [3.05, 3.63) is 53.1 Å². The van der Waals surface area contributed by atoms with Crippen molar-refractivity contribution >= 4 is 23.0 Å². The Labute approximate surface area is 124 Å². The topological polar surface area (TPSA) is 66.6 Å². The van der Waals surface area contributed by atoms with Gasteiger partial charge in [0.1, 0.15) is 0 Å². The van der Waals surface area contributed by atoms with Crippen LogP contribution in [-0.4, -0.2) is 18.1 Å². The van der Waals surface area contributed by atoms with Gasteiger partial charge in [0.25, 0.3) is 0 Å². The molecule has 0 amide bonds. The van der Waals surface area contributed by atoms with E-state index in [-0.39, 0.29) is 5.56 Å². The third-order valence-corrected chi connectivity index (χ3v) is 3.72. The number of aromatic carboxylic acids is 1. The van der Waals surface area contributed by atoms with Gasteiger partial charge < -0.3 is 15.7 Å². The molecule has 0 spiro atoms. The smallest absolute Gasteiger partial charge is 0.337 e. The van der Waals surface area contributed by atoms with Crippen LogP contribution in [0.15, 0.2) is 36.4 Å². The maximum absolute atomic E-state index is 11.3. The lowest BCUT2D eigenvalue weighted by Gasteiger charge is -2.21. The second-order valence-electron chi connectivity index (χ2n) is 5.11. The highest BCUT2D eigenvalue weighted by molar-refractivity contribution is 5.96. The number of carbonyl (C=O) groups is 1. The molecule has 2 rings (SSSR count). The number of anilines is 3. The number of hydrogen-bond acceptors (Lipinski definition) is 3. The Morgan fingerprint density at radius 3 is 2.33 bits per heavy atom. The molecular weight excluding hydrogens is 264 g/mol. The van der Waals surface area contributed by atoms with Gasteiger partial charge in [-0.2, -0.15) is 0 Å². The Morgan fingerprint density at radius 2 is 1.81 bits per heavy atom. The molecule has 21 heavy (non-hydrogen) atoms. The van der Waals surface area contributed by atoms with E-state index < -0.39 is 5.97 Å². The van der Waals surface area contributed by atoms with E-state index in [2.05, 4.69) is 19.1 Å². The molecule has 0 unspecified atom stereocenters. The highest BCUT2D eigenvalue weighted by atomic mass is 16.4. The van der Waals surface area contributed by atoms with Crippen molar-refractivity contribution in [2.24, 2.45) is 0 Å². The fourth-order valence-electron chi connectivity index (χ4n) is 2.25. The Hall–Kier alpha value is -2.49. The van der Waals surface area contributed by atoms with Gasteiger partial charge in [0, 0.05) is 24.1 Å². The van der Waals surface area contributed by atoms with Crippen LogP contribution < -0.4 is 10.6 Å². The lowest BCUT2D eigenvalue weighted by molar-refractivity contribution is 0.0698. The second-order valence-corrected chi connectivity index (χ2v) is 5.11. The first-order chi connectivity index (χ1) is 9.93. The first kappa shape index (κ1) is 14.9. The summed E-state index contributed by atoms with van der Waals surface area (Å²) in [6.07, 6.45) is 0.994. The van der Waals surface area contributed by atoms with Gasteiger partial charge in [-0.1, -0.05) is 19.1 Å². The molecule has 3 N–H and O–H groups in total. The van der Waals surface area contributed by atoms with Crippen LogP contribution in [0.1, 0.15) is 28.4 Å². The molecule has 0 aliphatic heterocycles. The molecule has 0 aromatic heterocycles. The molecule has 110 valence electrons. The summed E-state index contributed by atoms with van der Waals surface area (Å²) in [6, 6.07) is 11.7. The Morgan fingerprint density at radius 1 is 1.19 bits per heavy atom. The Bertz CT molecular complexity index is 663. The van der Waals surface area contributed by atoms with E-state index in [1.54, 1.807) is 6.07 Å². The second kappa shape index (κ2) is 5.87. The monoisotopic (exact) mass is 284 g/mol. The maximum atomic E-state index is 11.3. The minimum Gasteiger partial charge on any atom is -0.478 e. The average molecular weight is 284 g/mol. The lowest BCUT2D eigenvalue weighted by Crippen LogP contribution is -2.12. The summed E-state index contributed by atoms with van der Waals surface area (Å²) in [6.45, 7) is 3.93. The largest absolute Gasteiger partial charge is 0.478 e. The molecule has 2 aromatic rings. The SMILES string of the molecule is CCc1ccc(N(C)c2cc(C)c(N)c(C(=O)O)c2)cc1. The predicted molar refractivity (Wildman–Crippen MR) is 86.4 cm³/mol. The summed E-state index contributed by atoms with van der Waals surface area (Å²) >= 11 is 0. The number of hydrogen-bond donors (Lipinski definition) is 2. The van der Waals surface area contributed by atoms with Gasteiger partial charge in [-0.3, -0.25) is 0 Å². The third kappa shape index (κ3) is 2.99. The summed E-state index contributed by atoms with van der Waals surface area (Å²) < 4.78 is 0. The Balaban J connectivity index is 2.42. The van der Waals surface area contributed by atoms with Crippen molar-refractivity contribution in [1.29, 1.82) is 0 Å². The van der Waals surface area contributed by atoms with Crippen LogP contribution in [0.2, 0.25) is 0 Å². The maximum Gasteiger partial charge on any atom is 0.337 e. The van der Waals surface area contributed by atoms with Crippen LogP contribution in [0.4, 0.5) is 17.1 Å². The van der Waals surface area contributed by atoms with Crippen molar-refractivity contribution in [2.75, 3.05) is 17.7 Å². The standard InChI is InChI=1S/C17H20N2O2/c1-4-12-5-7-13(8-6-12)19(3)14-9-11(2)16(18)15(10-14)17(20)21/h5-10H,4,18H2,1-3H3,(H,20,21). The van der Waals surface area contributed by atoms with Crippen LogP contribution in [0.3, 0.4) is 0 Å². The summed E-state index contributed by atoms with van der Waals surface area (Å²) in [7, 11) is 1.91. The van der Waals surface area contributed by atoms with Crippen molar-refractivity contribution in [2.45, 2.75) is 20.3 Å². The van der Waals surface area contributed by atoms with Crippen LogP contribution in [0, 0.1) is 6.92 Å². The van der Waals surface area contributed by atoms with E-state index in [0.29, 0.717) is 5.69 Å². The van der Waals surface area contributed by atoms with E-state index in [4.69, 9.17) is 5.73 Å². The van der Waals surface area contributed by atoms with Crippen LogP contribution in [0.5, 0.6) is 0 Å². The zero-order valence-corrected chi connectivity index (χ0v) is 12.6. The highest BCUT2D eigenvalue weighted by Crippen LogP contribution is 2.29. The number of nitrogens with two attached hydrogens (primary N) is 1. The number of carboxylic acid groups (broad SMARTS) is 1. The van der Waals surface area contributed by atoms with Gasteiger partial charge in [0.2, 0.25) is 0 Å². The van der Waals surface area contributed by atoms with E-state index in [0.717, 1.165) is 23.4 Å². The van der Waals surface area contributed by atoms with Crippen molar-refractivity contribution in [3.8, 4) is 0 Å². The van der Waals surface area contributed by atoms with Gasteiger partial charge in [0.15, 0.2) is 0 Å². The van der Waals surface area contributed by atoms with Gasteiger partial charge in [0.05, 0.1) is 5.56 Å². The van der Waals surface area contributed by atoms with Gasteiger partial charge in [-0.15, -0.1) is 0 Å². The molecule has 0 radical (unpaired) electrons. The van der Waals surface area contributed by atoms with Crippen molar-refractivity contribution in [1.82, 2.24) is 0 Å². The molecule has 0 heterocycles. The molecule has 0 bridgehead atoms. The van der Waals surface area contributed by atoms with Crippen LogP contribution >= 0.6 is 0 Å². The molecule has 0 aliphatic rings. The minimum absolute atomic E-state index is 0.141. The number of aryl methyl sites for hydroxylation is 2. The molecule has 4 nitrogen and oxygen atoms in total. The predicted octanol–water partition coefficient (Wildman–Crippen LogP) is 3.61. The molecule has 0 fully saturated rings. The zero-order valence-electron chi connectivity index (χ0n) is 12.6. The lowest BCUT2D eigenvalue weighted by atomic mass is 10.1. The Kier molecular flexibility index (Phi) is 4.17. The number of nitrogen functional groups attached to an aromatic ring is 1. The molecule has 0 aliphatic carbocycles. The number of carboxylic acids is 1. The molecule has 4 heteroatoms. The fraction of sp³-hybridized carbons (Fsp3) is 0.235. The molecule has 0 saturated carbocycles. The molecule has 0 saturated heterocycles. The molecule has 0 atom stereocenters. The average Bonchev–Trinajstić information content (AvgIpc) is 2.49. The fourth-order valence-corrected chi connectivity index (χ4v) is 2.25. The van der Waals surface area contributed by atoms with Gasteiger partial charge in [-0.05, 0) is 48.7 Å². The van der Waals surface area contributed by atoms with E-state index in [1.807, 2.05) is 37.1 Å². The summed E-state index contributed by atoms with van der Waals surface area (Å²) in [5.41, 5.74) is 10.1. The normalized spacial score (nSPS) is 10.4. The van der Waals surface area contributed by atoms with E-state index >= 15 is 0 Å².